The number of piperidine rings is 1. The van der Waals surface area contributed by atoms with E-state index in [0.29, 0.717) is 23.7 Å². The van der Waals surface area contributed by atoms with E-state index in [4.69, 9.17) is 4.74 Å². The van der Waals surface area contributed by atoms with Crippen molar-refractivity contribution in [1.29, 1.82) is 0 Å². The van der Waals surface area contributed by atoms with Gasteiger partial charge in [0.2, 0.25) is 5.91 Å². The van der Waals surface area contributed by atoms with Crippen LogP contribution in [0.2, 0.25) is 0 Å². The van der Waals surface area contributed by atoms with Gasteiger partial charge < -0.3 is 14.5 Å². The molecule has 0 aromatic heterocycles. The number of carbonyl (C=O) groups excluding carboxylic acids is 2. The molecule has 2 saturated carbocycles. The fraction of sp³-hybridized carbons (Fsp3) is 0.913. The SMILES string of the molecule is CC(=O)C1CCC2(CC1)CC(N1CCC3(CC1)CN(C(=O)C(C)C)CCO3)C2. The molecule has 2 heterocycles. The Bertz CT molecular complexity index is 593. The van der Waals surface area contributed by atoms with Gasteiger partial charge >= 0.3 is 0 Å². The molecular formula is C23H38N2O3. The third kappa shape index (κ3) is 3.89. The Morgan fingerprint density at radius 3 is 2.21 bits per heavy atom. The minimum Gasteiger partial charge on any atom is -0.371 e. The first-order valence-electron chi connectivity index (χ1n) is 11.5. The summed E-state index contributed by atoms with van der Waals surface area (Å²) in [5.41, 5.74) is 0.424. The summed E-state index contributed by atoms with van der Waals surface area (Å²) in [4.78, 5) is 28.8. The lowest BCUT2D eigenvalue weighted by Crippen LogP contribution is -2.61. The second kappa shape index (κ2) is 7.71. The van der Waals surface area contributed by atoms with Crippen molar-refractivity contribution >= 4 is 11.7 Å². The number of ketones is 1. The van der Waals surface area contributed by atoms with Crippen molar-refractivity contribution in [1.82, 2.24) is 9.80 Å². The third-order valence-electron chi connectivity index (χ3n) is 8.24. The van der Waals surface area contributed by atoms with Gasteiger partial charge in [0, 0.05) is 44.1 Å². The van der Waals surface area contributed by atoms with Crippen LogP contribution in [0.4, 0.5) is 0 Å². The van der Waals surface area contributed by atoms with E-state index in [1.165, 1.54) is 25.7 Å². The molecule has 0 unspecified atom stereocenters. The van der Waals surface area contributed by atoms with Crippen molar-refractivity contribution in [3.05, 3.63) is 0 Å². The quantitative estimate of drug-likeness (QED) is 0.742. The highest BCUT2D eigenvalue weighted by Crippen LogP contribution is 2.55. The lowest BCUT2D eigenvalue weighted by atomic mass is 9.56. The van der Waals surface area contributed by atoms with Crippen LogP contribution < -0.4 is 0 Å². The third-order valence-corrected chi connectivity index (χ3v) is 8.24. The maximum Gasteiger partial charge on any atom is 0.225 e. The molecule has 0 radical (unpaired) electrons. The first-order chi connectivity index (χ1) is 13.3. The van der Waals surface area contributed by atoms with E-state index < -0.39 is 0 Å². The van der Waals surface area contributed by atoms with Gasteiger partial charge in [0.1, 0.15) is 5.78 Å². The van der Waals surface area contributed by atoms with Crippen molar-refractivity contribution < 1.29 is 14.3 Å². The van der Waals surface area contributed by atoms with Gasteiger partial charge in [0.05, 0.1) is 12.2 Å². The van der Waals surface area contributed by atoms with Crippen molar-refractivity contribution in [3.8, 4) is 0 Å². The van der Waals surface area contributed by atoms with E-state index in [-0.39, 0.29) is 17.4 Å². The van der Waals surface area contributed by atoms with Gasteiger partial charge in [-0.25, -0.2) is 0 Å². The summed E-state index contributed by atoms with van der Waals surface area (Å²) in [7, 11) is 0. The largest absolute Gasteiger partial charge is 0.371 e. The number of ether oxygens (including phenoxy) is 1. The molecule has 0 bridgehead atoms. The summed E-state index contributed by atoms with van der Waals surface area (Å²) in [5, 5.41) is 0. The number of amides is 1. The molecule has 1 amide bonds. The van der Waals surface area contributed by atoms with E-state index in [9.17, 15) is 9.59 Å². The zero-order valence-electron chi connectivity index (χ0n) is 18.0. The fourth-order valence-corrected chi connectivity index (χ4v) is 6.24. The van der Waals surface area contributed by atoms with Gasteiger partial charge in [-0.1, -0.05) is 13.8 Å². The Labute approximate surface area is 170 Å². The van der Waals surface area contributed by atoms with Gasteiger partial charge in [-0.05, 0) is 63.7 Å². The Kier molecular flexibility index (Phi) is 5.60. The van der Waals surface area contributed by atoms with E-state index in [2.05, 4.69) is 4.90 Å². The predicted octanol–water partition coefficient (Wildman–Crippen LogP) is 3.26. The van der Waals surface area contributed by atoms with Crippen LogP contribution in [-0.4, -0.2) is 65.9 Å². The van der Waals surface area contributed by atoms with Crippen LogP contribution in [0.25, 0.3) is 0 Å². The van der Waals surface area contributed by atoms with Gasteiger partial charge in [0.15, 0.2) is 0 Å². The Balaban J connectivity index is 1.25. The highest BCUT2D eigenvalue weighted by molar-refractivity contribution is 5.78. The summed E-state index contributed by atoms with van der Waals surface area (Å²) in [5.74, 6) is 1.07. The number of carbonyl (C=O) groups is 2. The van der Waals surface area contributed by atoms with E-state index in [1.807, 2.05) is 18.7 Å². The maximum absolute atomic E-state index is 12.4. The standard InChI is InChI=1S/C23H38N2O3/c1-17(2)21(27)25-12-13-28-23(16-25)8-10-24(11-9-23)20-14-22(15-20)6-4-19(5-7-22)18(3)26/h17,19-20H,4-16H2,1-3H3. The lowest BCUT2D eigenvalue weighted by molar-refractivity contribution is -0.166. The first-order valence-corrected chi connectivity index (χ1v) is 11.5. The number of hydrogen-bond donors (Lipinski definition) is 0. The second-order valence-corrected chi connectivity index (χ2v) is 10.4. The normalized spacial score (nSPS) is 35.9. The number of rotatable bonds is 3. The summed E-state index contributed by atoms with van der Waals surface area (Å²) in [6.45, 7) is 10.1. The van der Waals surface area contributed by atoms with Crippen LogP contribution in [0.5, 0.6) is 0 Å². The topological polar surface area (TPSA) is 49.9 Å². The average molecular weight is 391 g/mol. The summed E-state index contributed by atoms with van der Waals surface area (Å²) >= 11 is 0. The highest BCUT2D eigenvalue weighted by atomic mass is 16.5. The van der Waals surface area contributed by atoms with Gasteiger partial charge in [-0.15, -0.1) is 0 Å². The molecule has 0 aromatic carbocycles. The molecule has 2 aliphatic carbocycles. The van der Waals surface area contributed by atoms with Gasteiger partial charge in [-0.3, -0.25) is 9.59 Å². The molecule has 5 heteroatoms. The second-order valence-electron chi connectivity index (χ2n) is 10.4. The van der Waals surface area contributed by atoms with Crippen LogP contribution in [0.15, 0.2) is 0 Å². The number of likely N-dealkylation sites (tertiary alicyclic amines) is 1. The molecule has 4 fully saturated rings. The number of morpholine rings is 1. The maximum atomic E-state index is 12.4. The molecule has 2 aliphatic heterocycles. The van der Waals surface area contributed by atoms with Crippen molar-refractivity contribution in [3.63, 3.8) is 0 Å². The molecule has 5 nitrogen and oxygen atoms in total. The molecule has 4 rings (SSSR count). The molecule has 158 valence electrons. The van der Waals surface area contributed by atoms with Crippen LogP contribution >= 0.6 is 0 Å². The van der Waals surface area contributed by atoms with Crippen LogP contribution in [0.1, 0.15) is 72.1 Å². The molecule has 0 N–H and O–H groups in total. The molecule has 2 saturated heterocycles. The Morgan fingerprint density at radius 2 is 1.64 bits per heavy atom. The number of nitrogens with zero attached hydrogens (tertiary/aromatic N) is 2. The van der Waals surface area contributed by atoms with Crippen molar-refractivity contribution in [2.24, 2.45) is 17.3 Å². The predicted molar refractivity (Wildman–Crippen MR) is 109 cm³/mol. The Morgan fingerprint density at radius 1 is 1.00 bits per heavy atom. The Hall–Kier alpha value is -0.940. The fourth-order valence-electron chi connectivity index (χ4n) is 6.24. The molecule has 2 spiro atoms. The zero-order chi connectivity index (χ0) is 19.9. The lowest BCUT2D eigenvalue weighted by Gasteiger charge is -2.57. The molecular weight excluding hydrogens is 352 g/mol. The summed E-state index contributed by atoms with van der Waals surface area (Å²) < 4.78 is 6.24. The molecule has 4 aliphatic rings. The van der Waals surface area contributed by atoms with Gasteiger partial charge in [0.25, 0.3) is 0 Å². The van der Waals surface area contributed by atoms with Crippen LogP contribution in [-0.2, 0) is 14.3 Å². The van der Waals surface area contributed by atoms with Crippen LogP contribution in [0.3, 0.4) is 0 Å². The van der Waals surface area contributed by atoms with E-state index >= 15 is 0 Å². The van der Waals surface area contributed by atoms with Gasteiger partial charge in [-0.2, -0.15) is 0 Å². The first kappa shape index (κ1) is 20.3. The highest BCUT2D eigenvalue weighted by Gasteiger charge is 2.50. The number of Topliss-reactive ketones (excluding diaryl/α,β-unsaturated/α-hetero) is 1. The smallest absolute Gasteiger partial charge is 0.225 e. The van der Waals surface area contributed by atoms with E-state index in [1.54, 1.807) is 6.92 Å². The molecule has 0 aromatic rings. The molecule has 0 atom stereocenters. The minimum absolute atomic E-state index is 0.0690. The summed E-state index contributed by atoms with van der Waals surface area (Å²) in [6, 6.07) is 0.725. The summed E-state index contributed by atoms with van der Waals surface area (Å²) in [6.07, 6.45) is 9.46. The average Bonchev–Trinajstić information content (AvgIpc) is 2.66. The van der Waals surface area contributed by atoms with Crippen LogP contribution in [0, 0.1) is 17.3 Å². The monoisotopic (exact) mass is 390 g/mol. The number of hydrogen-bond acceptors (Lipinski definition) is 4. The zero-order valence-corrected chi connectivity index (χ0v) is 18.0. The van der Waals surface area contributed by atoms with Crippen molar-refractivity contribution in [2.75, 3.05) is 32.8 Å². The molecule has 28 heavy (non-hydrogen) atoms. The minimum atomic E-state index is -0.111. The van der Waals surface area contributed by atoms with Crippen molar-refractivity contribution in [2.45, 2.75) is 83.8 Å². The van der Waals surface area contributed by atoms with E-state index in [0.717, 1.165) is 57.9 Å².